The van der Waals surface area contributed by atoms with Gasteiger partial charge in [0.2, 0.25) is 0 Å². The third-order valence-electron chi connectivity index (χ3n) is 8.86. The normalized spacial score (nSPS) is 25.5. The van der Waals surface area contributed by atoms with Crippen molar-refractivity contribution in [3.8, 4) is 17.0 Å². The quantitative estimate of drug-likeness (QED) is 0.373. The van der Waals surface area contributed by atoms with Crippen LogP contribution in [0.5, 0.6) is 5.75 Å². The average molecular weight is 586 g/mol. The van der Waals surface area contributed by atoms with Crippen LogP contribution < -0.4 is 10.1 Å². The lowest BCUT2D eigenvalue weighted by atomic mass is 9.95. The van der Waals surface area contributed by atoms with Gasteiger partial charge in [0.05, 0.1) is 33.8 Å². The second-order valence-electron chi connectivity index (χ2n) is 11.0. The molecular weight excluding hydrogens is 562 g/mol. The summed E-state index contributed by atoms with van der Waals surface area (Å²) in [5.74, 6) is 1.56. The van der Waals surface area contributed by atoms with E-state index in [1.54, 1.807) is 18.1 Å². The molecule has 11 heteroatoms. The Kier molecular flexibility index (Phi) is 5.18. The molecule has 2 aromatic heterocycles. The molecule has 1 saturated heterocycles. The van der Waals surface area contributed by atoms with Gasteiger partial charge in [-0.15, -0.1) is 11.8 Å². The van der Waals surface area contributed by atoms with E-state index in [9.17, 15) is 4.79 Å². The van der Waals surface area contributed by atoms with Crippen molar-refractivity contribution in [2.24, 2.45) is 0 Å². The number of hydrogen-bond acceptors (Lipinski definition) is 9. The Labute approximate surface area is 244 Å². The van der Waals surface area contributed by atoms with E-state index in [4.69, 9.17) is 30.6 Å². The zero-order valence-electron chi connectivity index (χ0n) is 21.9. The Bertz CT molecular complexity index is 1780. The van der Waals surface area contributed by atoms with E-state index in [-0.39, 0.29) is 17.3 Å². The van der Waals surface area contributed by atoms with Gasteiger partial charge in [0, 0.05) is 71.7 Å². The van der Waals surface area contributed by atoms with Crippen molar-refractivity contribution in [2.45, 2.75) is 47.8 Å². The Morgan fingerprint density at radius 1 is 1.12 bits per heavy atom. The van der Waals surface area contributed by atoms with Crippen LogP contribution in [-0.2, 0) is 36.3 Å². The molecule has 9 rings (SSSR count). The Morgan fingerprint density at radius 3 is 3.00 bits per heavy atom. The van der Waals surface area contributed by atoms with E-state index in [1.807, 2.05) is 41.3 Å². The molecule has 1 amide bonds. The van der Waals surface area contributed by atoms with E-state index in [0.717, 1.165) is 75.3 Å². The van der Waals surface area contributed by atoms with E-state index in [1.165, 1.54) is 0 Å². The lowest BCUT2D eigenvalue weighted by Gasteiger charge is -2.36. The maximum Gasteiger partial charge on any atom is 0.256 e. The van der Waals surface area contributed by atoms with Crippen molar-refractivity contribution >= 4 is 29.3 Å². The minimum atomic E-state index is -0.826. The molecule has 2 aromatic carbocycles. The summed E-state index contributed by atoms with van der Waals surface area (Å²) < 4.78 is 18.9. The lowest BCUT2D eigenvalue weighted by Crippen LogP contribution is -2.47. The molecule has 0 radical (unpaired) electrons. The number of thioether (sulfide) groups is 1. The first-order chi connectivity index (χ1) is 20.1. The minimum Gasteiger partial charge on any atom is -0.481 e. The summed E-state index contributed by atoms with van der Waals surface area (Å²) in [7, 11) is 0. The summed E-state index contributed by atoms with van der Waals surface area (Å²) in [4.78, 5) is 25.7. The number of benzene rings is 2. The van der Waals surface area contributed by atoms with E-state index in [2.05, 4.69) is 15.5 Å². The van der Waals surface area contributed by atoms with Gasteiger partial charge in [-0.05, 0) is 18.2 Å². The number of halogens is 1. The first-order valence-corrected chi connectivity index (χ1v) is 15.1. The van der Waals surface area contributed by atoms with Crippen LogP contribution >= 0.6 is 23.4 Å². The highest BCUT2D eigenvalue weighted by Crippen LogP contribution is 2.56. The topological polar surface area (TPSA) is 103 Å². The SMILES string of the molecule is O=C1c2ccccc2C2(C3Cc4ncnc(-c5cc(Cl)cc6c5OC(c5onc7c5CNCC7)C6)c4S3)OCCN12. The summed E-state index contributed by atoms with van der Waals surface area (Å²) in [5, 5.41) is 8.27. The van der Waals surface area contributed by atoms with Gasteiger partial charge >= 0.3 is 0 Å². The number of hydrogen-bond donors (Lipinski definition) is 1. The van der Waals surface area contributed by atoms with Gasteiger partial charge in [-0.3, -0.25) is 4.79 Å². The van der Waals surface area contributed by atoms with Crippen LogP contribution in [0.2, 0.25) is 5.02 Å². The highest BCUT2D eigenvalue weighted by molar-refractivity contribution is 8.00. The van der Waals surface area contributed by atoms with Crippen LogP contribution in [0.4, 0.5) is 0 Å². The standard InChI is InChI=1S/C30H24ClN5O4S/c31-16-9-15-10-23(27-19-13-32-6-5-21(19)35-40-27)39-26(15)18(11-16)25-28-22(33-14-34-25)12-24(41-28)30-20-4-2-1-3-17(20)29(37)36(30)7-8-38-30/h1-4,9,11,14,23-24,32H,5-8,10,12-13H2. The van der Waals surface area contributed by atoms with Gasteiger partial charge in [-0.2, -0.15) is 0 Å². The molecule has 0 spiro atoms. The van der Waals surface area contributed by atoms with Crippen molar-refractivity contribution < 1.29 is 18.8 Å². The van der Waals surface area contributed by atoms with E-state index < -0.39 is 5.72 Å². The zero-order valence-corrected chi connectivity index (χ0v) is 23.4. The Hall–Kier alpha value is -3.44. The van der Waals surface area contributed by atoms with Gasteiger partial charge in [-0.1, -0.05) is 35.0 Å². The Morgan fingerprint density at radius 2 is 2.05 bits per heavy atom. The molecular formula is C30H24ClN5O4S. The van der Waals surface area contributed by atoms with Gasteiger partial charge in [0.25, 0.3) is 5.91 Å². The monoisotopic (exact) mass is 585 g/mol. The maximum absolute atomic E-state index is 13.3. The number of ether oxygens (including phenoxy) is 2. The molecule has 5 aliphatic heterocycles. The number of nitrogens with one attached hydrogen (secondary N) is 1. The number of aromatic nitrogens is 3. The Balaban J connectivity index is 1.10. The molecule has 4 aromatic rings. The van der Waals surface area contributed by atoms with Gasteiger partial charge in [0.15, 0.2) is 17.6 Å². The fourth-order valence-electron chi connectivity index (χ4n) is 7.09. The fourth-order valence-corrected chi connectivity index (χ4v) is 8.89. The van der Waals surface area contributed by atoms with Crippen molar-refractivity contribution in [3.05, 3.63) is 87.2 Å². The molecule has 0 aliphatic carbocycles. The molecule has 0 saturated carbocycles. The zero-order chi connectivity index (χ0) is 27.3. The van der Waals surface area contributed by atoms with Crippen LogP contribution in [0.15, 0.2) is 52.1 Å². The van der Waals surface area contributed by atoms with Gasteiger partial charge in [-0.25, -0.2) is 9.97 Å². The largest absolute Gasteiger partial charge is 0.481 e. The van der Waals surface area contributed by atoms with E-state index in [0.29, 0.717) is 36.6 Å². The number of carbonyl (C=O) groups excluding carboxylic acids is 1. The molecule has 1 fully saturated rings. The second kappa shape index (κ2) is 8.78. The average Bonchev–Trinajstić information content (AvgIpc) is 3.80. The number of rotatable bonds is 3. The molecule has 9 nitrogen and oxygen atoms in total. The molecule has 3 atom stereocenters. The number of nitrogens with zero attached hydrogens (tertiary/aromatic N) is 4. The molecule has 5 aliphatic rings. The summed E-state index contributed by atoms with van der Waals surface area (Å²) in [5.41, 5.74) is 6.47. The molecule has 206 valence electrons. The first kappa shape index (κ1) is 24.2. The van der Waals surface area contributed by atoms with Gasteiger partial charge < -0.3 is 24.2 Å². The van der Waals surface area contributed by atoms with Crippen LogP contribution in [0.25, 0.3) is 11.3 Å². The number of fused-ring (bicyclic) bond motifs is 6. The van der Waals surface area contributed by atoms with Crippen molar-refractivity contribution in [2.75, 3.05) is 19.7 Å². The summed E-state index contributed by atoms with van der Waals surface area (Å²) in [6.45, 7) is 2.69. The highest BCUT2D eigenvalue weighted by atomic mass is 35.5. The maximum atomic E-state index is 13.3. The second-order valence-corrected chi connectivity index (χ2v) is 12.7. The highest BCUT2D eigenvalue weighted by Gasteiger charge is 2.60. The molecule has 1 N–H and O–H groups in total. The molecule has 7 heterocycles. The number of amides is 1. The molecule has 41 heavy (non-hydrogen) atoms. The first-order valence-electron chi connectivity index (χ1n) is 13.9. The number of carbonyl (C=O) groups is 1. The van der Waals surface area contributed by atoms with Crippen LogP contribution in [-0.4, -0.2) is 50.9 Å². The summed E-state index contributed by atoms with van der Waals surface area (Å²) >= 11 is 8.36. The third-order valence-corrected chi connectivity index (χ3v) is 10.5. The van der Waals surface area contributed by atoms with E-state index >= 15 is 0 Å². The summed E-state index contributed by atoms with van der Waals surface area (Å²) in [6.07, 6.45) is 3.46. The lowest BCUT2D eigenvalue weighted by molar-refractivity contribution is -0.0656. The predicted octanol–water partition coefficient (Wildman–Crippen LogP) is 4.46. The predicted molar refractivity (Wildman–Crippen MR) is 150 cm³/mol. The third kappa shape index (κ3) is 3.33. The minimum absolute atomic E-state index is 0.0258. The van der Waals surface area contributed by atoms with Gasteiger partial charge in [0.1, 0.15) is 12.1 Å². The molecule has 0 bridgehead atoms. The smallest absolute Gasteiger partial charge is 0.256 e. The van der Waals surface area contributed by atoms with Crippen molar-refractivity contribution in [3.63, 3.8) is 0 Å². The molecule has 3 unspecified atom stereocenters. The summed E-state index contributed by atoms with van der Waals surface area (Å²) in [6, 6.07) is 11.7. The van der Waals surface area contributed by atoms with Crippen LogP contribution in [0, 0.1) is 0 Å². The van der Waals surface area contributed by atoms with Crippen molar-refractivity contribution in [1.29, 1.82) is 0 Å². The van der Waals surface area contributed by atoms with Crippen molar-refractivity contribution in [1.82, 2.24) is 25.3 Å². The van der Waals surface area contributed by atoms with Crippen LogP contribution in [0.1, 0.15) is 50.3 Å². The van der Waals surface area contributed by atoms with Crippen LogP contribution in [0.3, 0.4) is 0 Å². The fraction of sp³-hybridized carbons (Fsp3) is 0.333.